The number of carbonyl (C=O) groups is 5. The van der Waals surface area contributed by atoms with Crippen LogP contribution < -0.4 is 16.4 Å². The van der Waals surface area contributed by atoms with E-state index in [1.165, 1.54) is 41.2 Å². The Morgan fingerprint density at radius 2 is 1.80 bits per heavy atom. The number of hydrogen-bond acceptors (Lipinski definition) is 6. The maximum atomic E-state index is 15.2. The second-order valence-electron chi connectivity index (χ2n) is 14.3. The number of nitrogens with one attached hydrogen (secondary N) is 2. The van der Waals surface area contributed by atoms with Crippen molar-refractivity contribution in [1.29, 1.82) is 0 Å². The van der Waals surface area contributed by atoms with Gasteiger partial charge < -0.3 is 30.9 Å². The Balaban J connectivity index is 1.36. The number of ether oxygens (including phenoxy) is 1. The van der Waals surface area contributed by atoms with E-state index in [1.54, 1.807) is 26.8 Å². The SMILES string of the molecule is COC(=O)N[C@H](C(=O)N1C[C@@H]2[C@H]3C[C@@H]([C@@H]2[C@H]1C(=O)N1C[C@]2(C=C(c4ccc(F)cc4)NC2=O)C[C@H]1C(N)=O)[C@H](F)C3)C(C)(C)C. The van der Waals surface area contributed by atoms with Gasteiger partial charge in [-0.3, -0.25) is 19.2 Å². The zero-order valence-electron chi connectivity index (χ0n) is 25.7. The number of likely N-dealkylation sites (tertiary alicyclic amines) is 2. The molecule has 2 bridgehead atoms. The summed E-state index contributed by atoms with van der Waals surface area (Å²) in [5.41, 5.74) is 4.73. The number of halogens is 2. The van der Waals surface area contributed by atoms with Crippen molar-refractivity contribution in [2.75, 3.05) is 20.2 Å². The minimum Gasteiger partial charge on any atom is -0.453 e. The molecule has 6 rings (SSSR count). The average Bonchev–Trinajstić information content (AvgIpc) is 3.78. The zero-order chi connectivity index (χ0) is 32.6. The number of alkyl halides is 1. The number of hydrogen-bond donors (Lipinski definition) is 3. The summed E-state index contributed by atoms with van der Waals surface area (Å²) < 4.78 is 33.5. The first-order chi connectivity index (χ1) is 21.1. The Labute approximate surface area is 259 Å². The molecule has 2 saturated carbocycles. The lowest BCUT2D eigenvalue weighted by molar-refractivity contribution is -0.150. The van der Waals surface area contributed by atoms with Gasteiger partial charge in [0.15, 0.2) is 0 Å². The van der Waals surface area contributed by atoms with Crippen molar-refractivity contribution in [2.24, 2.45) is 40.2 Å². The van der Waals surface area contributed by atoms with E-state index in [-0.39, 0.29) is 31.3 Å². The van der Waals surface area contributed by atoms with E-state index < -0.39 is 82.5 Å². The Bertz CT molecular complexity index is 1480. The fourth-order valence-corrected chi connectivity index (χ4v) is 8.51. The van der Waals surface area contributed by atoms with Gasteiger partial charge in [0.05, 0.1) is 12.5 Å². The average molecular weight is 628 g/mol. The summed E-state index contributed by atoms with van der Waals surface area (Å²) in [6.07, 6.45) is 0.627. The van der Waals surface area contributed by atoms with Gasteiger partial charge in [0, 0.05) is 18.8 Å². The predicted molar refractivity (Wildman–Crippen MR) is 157 cm³/mol. The molecule has 13 heteroatoms. The monoisotopic (exact) mass is 627 g/mol. The number of carbonyl (C=O) groups excluding carboxylic acids is 5. The predicted octanol–water partition coefficient (Wildman–Crippen LogP) is 1.96. The summed E-state index contributed by atoms with van der Waals surface area (Å²) in [5.74, 6) is -3.79. The second-order valence-corrected chi connectivity index (χ2v) is 14.3. The molecule has 5 aliphatic rings. The topological polar surface area (TPSA) is 151 Å². The highest BCUT2D eigenvalue weighted by Crippen LogP contribution is 2.59. The van der Waals surface area contributed by atoms with Gasteiger partial charge in [-0.1, -0.05) is 20.8 Å². The molecule has 5 amide bonds. The van der Waals surface area contributed by atoms with Crippen molar-refractivity contribution < 1.29 is 37.5 Å². The number of benzene rings is 1. The molecule has 0 aromatic heterocycles. The van der Waals surface area contributed by atoms with Crippen molar-refractivity contribution in [3.8, 4) is 0 Å². The van der Waals surface area contributed by atoms with Gasteiger partial charge in [-0.25, -0.2) is 13.6 Å². The third-order valence-corrected chi connectivity index (χ3v) is 10.6. The molecule has 4 N–H and O–H groups in total. The number of nitrogens with two attached hydrogens (primary N) is 1. The maximum absolute atomic E-state index is 15.2. The van der Waals surface area contributed by atoms with E-state index in [0.717, 1.165) is 0 Å². The minimum absolute atomic E-state index is 0.00317. The number of rotatable bonds is 5. The smallest absolute Gasteiger partial charge is 0.407 e. The number of fused-ring (bicyclic) bond motifs is 5. The summed E-state index contributed by atoms with van der Waals surface area (Å²) in [5, 5.41) is 5.41. The van der Waals surface area contributed by atoms with Crippen LogP contribution in [0.3, 0.4) is 0 Å². The van der Waals surface area contributed by atoms with Crippen molar-refractivity contribution in [3.05, 3.63) is 41.7 Å². The van der Waals surface area contributed by atoms with Gasteiger partial charge in [0.1, 0.15) is 30.1 Å². The molecule has 11 nitrogen and oxygen atoms in total. The van der Waals surface area contributed by atoms with E-state index >= 15 is 4.39 Å². The van der Waals surface area contributed by atoms with E-state index in [0.29, 0.717) is 24.1 Å². The highest BCUT2D eigenvalue weighted by molar-refractivity contribution is 6.02. The highest BCUT2D eigenvalue weighted by Gasteiger charge is 2.65. The lowest BCUT2D eigenvalue weighted by Crippen LogP contribution is -2.60. The van der Waals surface area contributed by atoms with Gasteiger partial charge in [0.25, 0.3) is 0 Å². The summed E-state index contributed by atoms with van der Waals surface area (Å²) in [6, 6.07) is 2.23. The molecular formula is C32H39F2N5O6. The summed E-state index contributed by atoms with van der Waals surface area (Å²) in [6.45, 7) is 5.35. The van der Waals surface area contributed by atoms with E-state index in [4.69, 9.17) is 10.5 Å². The largest absolute Gasteiger partial charge is 0.453 e. The van der Waals surface area contributed by atoms with Crippen LogP contribution in [0.4, 0.5) is 13.6 Å². The van der Waals surface area contributed by atoms with Crippen LogP contribution in [0.25, 0.3) is 5.70 Å². The van der Waals surface area contributed by atoms with Gasteiger partial charge in [-0.15, -0.1) is 0 Å². The molecule has 2 saturated heterocycles. The van der Waals surface area contributed by atoms with Crippen LogP contribution in [0, 0.1) is 40.3 Å². The molecule has 242 valence electrons. The van der Waals surface area contributed by atoms with Crippen molar-refractivity contribution in [1.82, 2.24) is 20.4 Å². The molecule has 3 heterocycles. The van der Waals surface area contributed by atoms with E-state index in [1.807, 2.05) is 0 Å². The Morgan fingerprint density at radius 3 is 2.42 bits per heavy atom. The van der Waals surface area contributed by atoms with Crippen LogP contribution in [0.1, 0.15) is 45.6 Å². The molecule has 4 fully saturated rings. The molecule has 9 atom stereocenters. The van der Waals surface area contributed by atoms with Crippen LogP contribution in [-0.4, -0.2) is 84.0 Å². The van der Waals surface area contributed by atoms with Crippen LogP contribution in [0.2, 0.25) is 0 Å². The lowest BCUT2D eigenvalue weighted by Gasteiger charge is -2.38. The molecule has 2 aliphatic carbocycles. The highest BCUT2D eigenvalue weighted by atomic mass is 19.1. The zero-order valence-corrected chi connectivity index (χ0v) is 25.7. The lowest BCUT2D eigenvalue weighted by atomic mass is 9.77. The summed E-state index contributed by atoms with van der Waals surface area (Å²) >= 11 is 0. The van der Waals surface area contributed by atoms with Crippen molar-refractivity contribution in [2.45, 2.75) is 64.3 Å². The molecule has 1 aromatic carbocycles. The summed E-state index contributed by atoms with van der Waals surface area (Å²) in [7, 11) is 1.19. The first-order valence-electron chi connectivity index (χ1n) is 15.3. The van der Waals surface area contributed by atoms with Crippen LogP contribution in [-0.2, 0) is 23.9 Å². The molecule has 0 radical (unpaired) electrons. The maximum Gasteiger partial charge on any atom is 0.407 e. The standard InChI is InChI=1S/C32H39F2N5O6/c1-31(2,3)25(37-30(44)45-4)28(42)38-13-19-16-9-18(20(34)10-16)23(19)24(38)27(41)39-14-32(12-22(39)26(35)40)11-21(36-29(32)43)15-5-7-17(33)8-6-15/h5-8,11,16,18-20,22-25H,9-10,12-14H2,1-4H3,(H2,35,40)(H,36,43)(H,37,44)/t16-,18+,19+,20+,22-,23-,24-,25+,32-/m0/s1. The molecule has 1 spiro atoms. The Hall–Kier alpha value is -4.03. The number of amides is 5. The molecule has 0 unspecified atom stereocenters. The Kier molecular flexibility index (Phi) is 7.43. The first kappa shape index (κ1) is 31.0. The molecule has 1 aromatic rings. The normalized spacial score (nSPS) is 34.0. The van der Waals surface area contributed by atoms with Gasteiger partial charge in [-0.05, 0) is 84.3 Å². The molecule has 45 heavy (non-hydrogen) atoms. The third-order valence-electron chi connectivity index (χ3n) is 10.6. The van der Waals surface area contributed by atoms with Crippen molar-refractivity contribution in [3.63, 3.8) is 0 Å². The molecule has 3 aliphatic heterocycles. The first-order valence-corrected chi connectivity index (χ1v) is 15.3. The van der Waals surface area contributed by atoms with Gasteiger partial charge >= 0.3 is 6.09 Å². The number of methoxy groups -OCH3 is 1. The van der Waals surface area contributed by atoms with Crippen LogP contribution in [0.5, 0.6) is 0 Å². The summed E-state index contributed by atoms with van der Waals surface area (Å²) in [4.78, 5) is 70.2. The number of primary amides is 1. The fourth-order valence-electron chi connectivity index (χ4n) is 8.51. The minimum atomic E-state index is -1.29. The fraction of sp³-hybridized carbons (Fsp3) is 0.594. The van der Waals surface area contributed by atoms with Crippen molar-refractivity contribution >= 4 is 35.4 Å². The Morgan fingerprint density at radius 1 is 1.11 bits per heavy atom. The number of nitrogens with zero attached hydrogens (tertiary/aromatic N) is 2. The second kappa shape index (κ2) is 10.8. The van der Waals surface area contributed by atoms with Crippen LogP contribution >= 0.6 is 0 Å². The third kappa shape index (κ3) is 5.04. The van der Waals surface area contributed by atoms with Gasteiger partial charge in [-0.2, -0.15) is 0 Å². The van der Waals surface area contributed by atoms with E-state index in [2.05, 4.69) is 10.6 Å². The van der Waals surface area contributed by atoms with E-state index in [9.17, 15) is 28.4 Å². The van der Waals surface area contributed by atoms with Crippen LogP contribution in [0.15, 0.2) is 30.3 Å². The quantitative estimate of drug-likeness (QED) is 0.454. The van der Waals surface area contributed by atoms with Gasteiger partial charge in [0.2, 0.25) is 23.6 Å². The molecular weight excluding hydrogens is 588 g/mol. The number of alkyl carbamates (subject to hydrolysis) is 1.